The van der Waals surface area contributed by atoms with Crippen molar-refractivity contribution in [2.24, 2.45) is 0 Å². The molecule has 1 aliphatic carbocycles. The molecular weight excluding hydrogens is 281 g/mol. The molecule has 2 aromatic rings. The largest absolute Gasteiger partial charge is 0.482 e. The van der Waals surface area contributed by atoms with Crippen LogP contribution in [0, 0.1) is 12.7 Å². The third-order valence-electron chi connectivity index (χ3n) is 4.19. The smallest absolute Gasteiger partial charge is 0.154 e. The molecule has 0 aromatic heterocycles. The van der Waals surface area contributed by atoms with Crippen molar-refractivity contribution in [3.05, 3.63) is 65.0 Å². The third-order valence-corrected chi connectivity index (χ3v) is 4.19. The number of fused-ring (bicyclic) bond motifs is 1. The summed E-state index contributed by atoms with van der Waals surface area (Å²) >= 11 is 0. The molecule has 0 radical (unpaired) electrons. The number of aliphatic hydroxyl groups is 1. The Labute approximate surface area is 129 Å². The van der Waals surface area contributed by atoms with Crippen molar-refractivity contribution in [2.45, 2.75) is 25.0 Å². The average molecular weight is 301 g/mol. The van der Waals surface area contributed by atoms with Crippen LogP contribution in [0.5, 0.6) is 5.75 Å². The molecule has 0 fully saturated rings. The highest BCUT2D eigenvalue weighted by Crippen LogP contribution is 2.42. The second kappa shape index (κ2) is 5.71. The Morgan fingerprint density at radius 1 is 1.32 bits per heavy atom. The van der Waals surface area contributed by atoms with Crippen molar-refractivity contribution in [3.8, 4) is 5.75 Å². The molecule has 22 heavy (non-hydrogen) atoms. The zero-order valence-corrected chi connectivity index (χ0v) is 12.8. The molecule has 4 heteroatoms. The summed E-state index contributed by atoms with van der Waals surface area (Å²) in [6.07, 6.45) is -0.144. The molecule has 0 saturated heterocycles. The van der Waals surface area contributed by atoms with Gasteiger partial charge in [0.05, 0.1) is 0 Å². The van der Waals surface area contributed by atoms with Crippen LogP contribution in [0.25, 0.3) is 0 Å². The number of rotatable bonds is 4. The molecule has 0 bridgehead atoms. The number of halogens is 1. The van der Waals surface area contributed by atoms with Crippen LogP contribution in [0.4, 0.5) is 4.39 Å². The Morgan fingerprint density at radius 3 is 2.82 bits per heavy atom. The highest BCUT2D eigenvalue weighted by molar-refractivity contribution is 5.41. The summed E-state index contributed by atoms with van der Waals surface area (Å²) < 4.78 is 19.6. The van der Waals surface area contributed by atoms with Crippen LogP contribution in [-0.2, 0) is 6.42 Å². The molecule has 0 aliphatic heterocycles. The van der Waals surface area contributed by atoms with Crippen LogP contribution in [0.2, 0.25) is 0 Å². The average Bonchev–Trinajstić information content (AvgIpc) is 2.73. The Kier molecular flexibility index (Phi) is 3.89. The van der Waals surface area contributed by atoms with Gasteiger partial charge < -0.3 is 15.2 Å². The molecule has 2 N–H and O–H groups in total. The lowest BCUT2D eigenvalue weighted by molar-refractivity contribution is -0.0486. The highest BCUT2D eigenvalue weighted by Gasteiger charge is 2.46. The Morgan fingerprint density at radius 2 is 2.09 bits per heavy atom. The fourth-order valence-electron chi connectivity index (χ4n) is 3.15. The molecule has 0 saturated carbocycles. The van der Waals surface area contributed by atoms with E-state index in [1.807, 2.05) is 31.2 Å². The zero-order valence-electron chi connectivity index (χ0n) is 12.8. The van der Waals surface area contributed by atoms with Crippen molar-refractivity contribution >= 4 is 0 Å². The molecule has 1 aliphatic rings. The summed E-state index contributed by atoms with van der Waals surface area (Å²) in [6.45, 7) is 2.34. The maximum absolute atomic E-state index is 13.5. The van der Waals surface area contributed by atoms with Crippen molar-refractivity contribution in [1.82, 2.24) is 5.32 Å². The van der Waals surface area contributed by atoms with Gasteiger partial charge in [-0.25, -0.2) is 4.39 Å². The predicted octanol–water partition coefficient (Wildman–Crippen LogP) is 2.76. The first kappa shape index (κ1) is 15.0. The first-order valence-corrected chi connectivity index (χ1v) is 7.41. The van der Waals surface area contributed by atoms with Gasteiger partial charge in [0.15, 0.2) is 6.10 Å². The predicted molar refractivity (Wildman–Crippen MR) is 83.5 cm³/mol. The fourth-order valence-corrected chi connectivity index (χ4v) is 3.15. The molecule has 2 atom stereocenters. The van der Waals surface area contributed by atoms with Gasteiger partial charge in [-0.15, -0.1) is 0 Å². The maximum Gasteiger partial charge on any atom is 0.154 e. The van der Waals surface area contributed by atoms with Crippen LogP contribution < -0.4 is 10.1 Å². The van der Waals surface area contributed by atoms with Crippen molar-refractivity contribution < 1.29 is 14.2 Å². The molecule has 3 nitrogen and oxygen atoms in total. The van der Waals surface area contributed by atoms with E-state index in [9.17, 15) is 9.50 Å². The third kappa shape index (κ3) is 2.60. The number of hydrogen-bond donors (Lipinski definition) is 2. The Bertz CT molecular complexity index is 689. The van der Waals surface area contributed by atoms with Crippen molar-refractivity contribution in [1.29, 1.82) is 0 Å². The molecule has 0 unspecified atom stereocenters. The standard InChI is InChI=1S/C18H20FNO2/c1-12-5-3-4-6-16(12)22-17-15-8-7-14(19)9-13(15)10-18(17,21)11-20-2/h3-9,17,20-21H,10-11H2,1-2H3/t17-,18+/m0/s1. The van der Waals surface area contributed by atoms with Gasteiger partial charge in [-0.2, -0.15) is 0 Å². The van der Waals surface area contributed by atoms with Crippen LogP contribution >= 0.6 is 0 Å². The lowest BCUT2D eigenvalue weighted by Crippen LogP contribution is -2.45. The van der Waals surface area contributed by atoms with E-state index in [2.05, 4.69) is 5.32 Å². The number of hydrogen-bond acceptors (Lipinski definition) is 3. The number of nitrogens with one attached hydrogen (secondary N) is 1. The molecular formula is C18H20FNO2. The first-order chi connectivity index (χ1) is 10.5. The van der Waals surface area contributed by atoms with Gasteiger partial charge in [-0.1, -0.05) is 24.3 Å². The summed E-state index contributed by atoms with van der Waals surface area (Å²) in [7, 11) is 1.78. The van der Waals surface area contributed by atoms with E-state index in [0.717, 1.165) is 22.4 Å². The number of aryl methyl sites for hydroxylation is 1. The van der Waals surface area contributed by atoms with Gasteiger partial charge in [0, 0.05) is 13.0 Å². The van der Waals surface area contributed by atoms with Gasteiger partial charge in [0.1, 0.15) is 17.2 Å². The monoisotopic (exact) mass is 301 g/mol. The quantitative estimate of drug-likeness (QED) is 0.912. The van der Waals surface area contributed by atoms with E-state index >= 15 is 0 Å². The lowest BCUT2D eigenvalue weighted by Gasteiger charge is -2.31. The summed E-state index contributed by atoms with van der Waals surface area (Å²) in [5.41, 5.74) is 1.57. The van der Waals surface area contributed by atoms with Crippen LogP contribution in [0.15, 0.2) is 42.5 Å². The summed E-state index contributed by atoms with van der Waals surface area (Å²) in [5.74, 6) is 0.446. The van der Waals surface area contributed by atoms with Crippen molar-refractivity contribution in [3.63, 3.8) is 0 Å². The number of para-hydroxylation sites is 1. The minimum atomic E-state index is -1.09. The molecule has 0 amide bonds. The van der Waals surface area contributed by atoms with Crippen LogP contribution in [-0.4, -0.2) is 24.3 Å². The normalized spacial score (nSPS) is 23.4. The van der Waals surface area contributed by atoms with E-state index < -0.39 is 11.7 Å². The zero-order chi connectivity index (χ0) is 15.7. The highest BCUT2D eigenvalue weighted by atomic mass is 19.1. The van der Waals surface area contributed by atoms with Gasteiger partial charge >= 0.3 is 0 Å². The number of likely N-dealkylation sites (N-methyl/N-ethyl adjacent to an activating group) is 1. The molecule has 3 rings (SSSR count). The number of ether oxygens (including phenoxy) is 1. The van der Waals surface area contributed by atoms with Gasteiger partial charge in [0.2, 0.25) is 0 Å². The minimum absolute atomic E-state index is 0.290. The first-order valence-electron chi connectivity index (χ1n) is 7.41. The van der Waals surface area contributed by atoms with E-state index in [1.165, 1.54) is 12.1 Å². The van der Waals surface area contributed by atoms with E-state index in [4.69, 9.17) is 4.74 Å². The summed E-state index contributed by atoms with van der Waals surface area (Å²) in [6, 6.07) is 12.3. The molecule has 2 aromatic carbocycles. The lowest BCUT2D eigenvalue weighted by atomic mass is 9.97. The second-order valence-electron chi connectivity index (χ2n) is 5.92. The van der Waals surface area contributed by atoms with Gasteiger partial charge in [0.25, 0.3) is 0 Å². The minimum Gasteiger partial charge on any atom is -0.482 e. The second-order valence-corrected chi connectivity index (χ2v) is 5.92. The molecule has 0 heterocycles. The Balaban J connectivity index is 2.00. The summed E-state index contributed by atoms with van der Waals surface area (Å²) in [4.78, 5) is 0. The number of benzene rings is 2. The van der Waals surface area contributed by atoms with Crippen LogP contribution in [0.3, 0.4) is 0 Å². The van der Waals surface area contributed by atoms with Crippen LogP contribution in [0.1, 0.15) is 22.8 Å². The topological polar surface area (TPSA) is 41.5 Å². The van der Waals surface area contributed by atoms with E-state index in [1.54, 1.807) is 13.1 Å². The van der Waals surface area contributed by atoms with Gasteiger partial charge in [-0.05, 0) is 48.9 Å². The fraction of sp³-hybridized carbons (Fsp3) is 0.333. The van der Waals surface area contributed by atoms with Crippen molar-refractivity contribution in [2.75, 3.05) is 13.6 Å². The molecule has 0 spiro atoms. The maximum atomic E-state index is 13.5. The summed E-state index contributed by atoms with van der Waals surface area (Å²) in [5, 5.41) is 14.0. The van der Waals surface area contributed by atoms with Gasteiger partial charge in [-0.3, -0.25) is 0 Å². The molecule has 116 valence electrons. The SMILES string of the molecule is CNC[C@]1(O)Cc2cc(F)ccc2[C@@H]1Oc1ccccc1C. The van der Waals surface area contributed by atoms with E-state index in [0.29, 0.717) is 13.0 Å². The van der Waals surface area contributed by atoms with E-state index in [-0.39, 0.29) is 5.82 Å². The Hall–Kier alpha value is -1.91.